The number of hydrogen-bond donors (Lipinski definition) is 0. The molecule has 0 bridgehead atoms. The molecule has 0 aliphatic carbocycles. The fraction of sp³-hybridized carbons (Fsp3) is 0.423. The highest BCUT2D eigenvalue weighted by atomic mass is 16.5. The summed E-state index contributed by atoms with van der Waals surface area (Å²) in [6.07, 6.45) is 2.79. The van der Waals surface area contributed by atoms with E-state index in [1.54, 1.807) is 11.8 Å². The quantitative estimate of drug-likeness (QED) is 0.271. The molecule has 0 radical (unpaired) electrons. The molecule has 0 saturated carbocycles. The smallest absolute Gasteiger partial charge is 0.254 e. The third-order valence-electron chi connectivity index (χ3n) is 6.29. The topological polar surface area (TPSA) is 101 Å². The summed E-state index contributed by atoms with van der Waals surface area (Å²) in [6.45, 7) is 10.9. The maximum absolute atomic E-state index is 10.9. The molecule has 4 rings (SSSR count). The molecule has 0 spiro atoms. The summed E-state index contributed by atoms with van der Waals surface area (Å²) in [7, 11) is 3.52. The minimum Gasteiger partial charge on any atom is -0.479 e. The van der Waals surface area contributed by atoms with Crippen LogP contribution in [0.1, 0.15) is 6.92 Å². The van der Waals surface area contributed by atoms with E-state index in [1.807, 2.05) is 48.5 Å². The van der Waals surface area contributed by atoms with E-state index in [0.717, 1.165) is 17.4 Å². The number of aliphatic imine (C=N–C) groups is 1. The molecule has 196 valence electrons. The van der Waals surface area contributed by atoms with Crippen molar-refractivity contribution in [2.75, 3.05) is 76.4 Å². The molecule has 0 atom stereocenters. The molecule has 0 unspecified atom stereocenters. The van der Waals surface area contributed by atoms with Gasteiger partial charge in [0.1, 0.15) is 12.0 Å². The lowest BCUT2D eigenvalue weighted by molar-refractivity contribution is -0.108. The van der Waals surface area contributed by atoms with Crippen LogP contribution in [0.5, 0.6) is 5.88 Å². The van der Waals surface area contributed by atoms with Gasteiger partial charge in [-0.25, -0.2) is 4.68 Å². The van der Waals surface area contributed by atoms with Crippen molar-refractivity contribution in [2.45, 2.75) is 6.92 Å². The van der Waals surface area contributed by atoms with Gasteiger partial charge in [-0.15, -0.1) is 5.10 Å². The van der Waals surface area contributed by atoms with Gasteiger partial charge in [0, 0.05) is 38.9 Å². The normalized spacial score (nSPS) is 13.6. The van der Waals surface area contributed by atoms with Gasteiger partial charge in [0.25, 0.3) is 5.95 Å². The van der Waals surface area contributed by atoms with Gasteiger partial charge >= 0.3 is 0 Å². The fourth-order valence-corrected chi connectivity index (χ4v) is 4.23. The maximum Gasteiger partial charge on any atom is 0.254 e. The first-order valence-electron chi connectivity index (χ1n) is 12.4. The molecule has 11 heteroatoms. The number of carbonyl (C=O) groups excluding carboxylic acids is 1. The van der Waals surface area contributed by atoms with Crippen LogP contribution in [-0.2, 0) is 9.53 Å². The minimum absolute atomic E-state index is 0.369. The van der Waals surface area contributed by atoms with E-state index in [-0.39, 0.29) is 0 Å². The number of hydrogen-bond acceptors (Lipinski definition) is 10. The van der Waals surface area contributed by atoms with Gasteiger partial charge in [-0.05, 0) is 26.3 Å². The third kappa shape index (κ3) is 5.95. The van der Waals surface area contributed by atoms with Crippen LogP contribution in [0.4, 0.5) is 17.3 Å². The van der Waals surface area contributed by atoms with Crippen molar-refractivity contribution < 1.29 is 14.3 Å². The first-order chi connectivity index (χ1) is 18.1. The van der Waals surface area contributed by atoms with E-state index < -0.39 is 0 Å². The SMILES string of the molecule is C=Nc1c(N(CC)CCN(C)CC=O)nc(-n2cc(-c3ccccc3)c(OC)n2)nc1N1CCOCC1. The number of aldehydes is 1. The van der Waals surface area contributed by atoms with E-state index in [9.17, 15) is 4.79 Å². The van der Waals surface area contributed by atoms with Crippen molar-refractivity contribution in [2.24, 2.45) is 4.99 Å². The Kier molecular flexibility index (Phi) is 8.81. The average Bonchev–Trinajstić information content (AvgIpc) is 3.39. The number of methoxy groups -OCH3 is 1. The minimum atomic E-state index is 0.369. The number of ether oxygens (including phenoxy) is 2. The summed E-state index contributed by atoms with van der Waals surface area (Å²) in [5, 5.41) is 4.66. The first kappa shape index (κ1) is 26.2. The number of carbonyl (C=O) groups is 1. The van der Waals surface area contributed by atoms with Gasteiger partial charge in [0.05, 0.1) is 32.4 Å². The summed E-state index contributed by atoms with van der Waals surface area (Å²) in [4.78, 5) is 31.4. The van der Waals surface area contributed by atoms with Crippen LogP contribution in [0, 0.1) is 0 Å². The molecule has 3 aromatic rings. The van der Waals surface area contributed by atoms with E-state index >= 15 is 0 Å². The Hall–Kier alpha value is -3.83. The predicted octanol–water partition coefficient (Wildman–Crippen LogP) is 2.46. The summed E-state index contributed by atoms with van der Waals surface area (Å²) in [5.74, 6) is 2.25. The number of anilines is 2. The van der Waals surface area contributed by atoms with Crippen LogP contribution >= 0.6 is 0 Å². The van der Waals surface area contributed by atoms with E-state index in [1.165, 1.54) is 0 Å². The summed E-state index contributed by atoms with van der Waals surface area (Å²) >= 11 is 0. The van der Waals surface area contributed by atoms with Crippen LogP contribution < -0.4 is 14.5 Å². The third-order valence-corrected chi connectivity index (χ3v) is 6.29. The molecule has 1 aliphatic heterocycles. The molecule has 1 saturated heterocycles. The van der Waals surface area contributed by atoms with Crippen molar-refractivity contribution >= 4 is 30.3 Å². The number of aromatic nitrogens is 4. The zero-order chi connectivity index (χ0) is 26.2. The molecule has 0 N–H and O–H groups in total. The molecule has 11 nitrogen and oxygen atoms in total. The number of benzene rings is 1. The van der Waals surface area contributed by atoms with Crippen LogP contribution in [0.2, 0.25) is 0 Å². The summed E-state index contributed by atoms with van der Waals surface area (Å²) in [6, 6.07) is 9.94. The average molecular weight is 507 g/mol. The highest BCUT2D eigenvalue weighted by Crippen LogP contribution is 2.37. The Morgan fingerprint density at radius 3 is 2.59 bits per heavy atom. The van der Waals surface area contributed by atoms with Crippen molar-refractivity contribution in [3.05, 3.63) is 36.5 Å². The maximum atomic E-state index is 10.9. The van der Waals surface area contributed by atoms with E-state index in [0.29, 0.717) is 81.6 Å². The van der Waals surface area contributed by atoms with Gasteiger partial charge in [-0.1, -0.05) is 30.3 Å². The zero-order valence-electron chi connectivity index (χ0n) is 21.7. The summed E-state index contributed by atoms with van der Waals surface area (Å²) in [5.41, 5.74) is 2.44. The van der Waals surface area contributed by atoms with Gasteiger partial charge in [-0.3, -0.25) is 9.89 Å². The second kappa shape index (κ2) is 12.4. The Bertz CT molecular complexity index is 1190. The first-order valence-corrected chi connectivity index (χ1v) is 12.4. The van der Waals surface area contributed by atoms with E-state index in [4.69, 9.17) is 19.4 Å². The molecule has 37 heavy (non-hydrogen) atoms. The second-order valence-electron chi connectivity index (χ2n) is 8.65. The lowest BCUT2D eigenvalue weighted by Crippen LogP contribution is -2.38. The molecular weight excluding hydrogens is 472 g/mol. The van der Waals surface area contributed by atoms with Gasteiger partial charge in [0.2, 0.25) is 5.88 Å². The molecule has 0 amide bonds. The number of rotatable bonds is 12. The molecule has 2 aromatic heterocycles. The van der Waals surface area contributed by atoms with Crippen molar-refractivity contribution in [3.63, 3.8) is 0 Å². The molecule has 1 aromatic carbocycles. The van der Waals surface area contributed by atoms with Crippen LogP contribution in [0.3, 0.4) is 0 Å². The fourth-order valence-electron chi connectivity index (χ4n) is 4.23. The summed E-state index contributed by atoms with van der Waals surface area (Å²) < 4.78 is 12.8. The van der Waals surface area contributed by atoms with Crippen molar-refractivity contribution in [1.29, 1.82) is 0 Å². The molecule has 3 heterocycles. The van der Waals surface area contributed by atoms with Crippen LogP contribution in [0.15, 0.2) is 41.5 Å². The largest absolute Gasteiger partial charge is 0.479 e. The number of nitrogens with zero attached hydrogens (tertiary/aromatic N) is 8. The molecule has 1 fully saturated rings. The standard InChI is InChI=1S/C26H34N8O3/c1-5-32(12-11-31(3)13-16-35)23-22(27-2)24(33-14-17-37-18-15-33)29-26(28-23)34-19-21(25(30-34)36-4)20-9-7-6-8-10-20/h6-10,16,19H,2,5,11-15,17-18H2,1,3-4H3. The van der Waals surface area contributed by atoms with Crippen molar-refractivity contribution in [1.82, 2.24) is 24.6 Å². The number of likely N-dealkylation sites (N-methyl/N-ethyl adjacent to an activating group) is 2. The Balaban J connectivity index is 1.81. The van der Waals surface area contributed by atoms with Gasteiger partial charge < -0.3 is 24.1 Å². The number of morpholine rings is 1. The predicted molar refractivity (Wildman–Crippen MR) is 145 cm³/mol. The Morgan fingerprint density at radius 1 is 1.19 bits per heavy atom. The molecule has 1 aliphatic rings. The Morgan fingerprint density at radius 2 is 1.95 bits per heavy atom. The van der Waals surface area contributed by atoms with Crippen LogP contribution in [0.25, 0.3) is 17.1 Å². The van der Waals surface area contributed by atoms with E-state index in [2.05, 4.69) is 33.5 Å². The highest BCUT2D eigenvalue weighted by Gasteiger charge is 2.25. The lowest BCUT2D eigenvalue weighted by atomic mass is 10.1. The monoisotopic (exact) mass is 506 g/mol. The van der Waals surface area contributed by atoms with Crippen molar-refractivity contribution in [3.8, 4) is 23.0 Å². The van der Waals surface area contributed by atoms with Gasteiger partial charge in [0.15, 0.2) is 11.6 Å². The van der Waals surface area contributed by atoms with Gasteiger partial charge in [-0.2, -0.15) is 9.97 Å². The Labute approximate surface area is 217 Å². The zero-order valence-corrected chi connectivity index (χ0v) is 21.7. The lowest BCUT2D eigenvalue weighted by Gasteiger charge is -2.31. The van der Waals surface area contributed by atoms with Crippen LogP contribution in [-0.4, -0.2) is 104 Å². The second-order valence-corrected chi connectivity index (χ2v) is 8.65. The highest BCUT2D eigenvalue weighted by molar-refractivity contribution is 5.78. The molecular formula is C26H34N8O3.